The van der Waals surface area contributed by atoms with Gasteiger partial charge in [0.2, 0.25) is 0 Å². The monoisotopic (exact) mass is 636 g/mol. The Morgan fingerprint density at radius 1 is 0.689 bits per heavy atom. The third-order valence-corrected chi connectivity index (χ3v) is 9.81. The van der Waals surface area contributed by atoms with Crippen LogP contribution in [-0.4, -0.2) is 73.6 Å². The predicted octanol–water partition coefficient (Wildman–Crippen LogP) is 3.83. The van der Waals surface area contributed by atoms with Crippen molar-refractivity contribution >= 4 is 45.7 Å². The van der Waals surface area contributed by atoms with E-state index < -0.39 is 0 Å². The van der Waals surface area contributed by atoms with Gasteiger partial charge < -0.3 is 56.3 Å². The molecule has 0 aromatic heterocycles. The van der Waals surface area contributed by atoms with E-state index in [2.05, 4.69) is 9.80 Å². The van der Waals surface area contributed by atoms with Gasteiger partial charge in [0.25, 0.3) is 0 Å². The maximum Gasteiger partial charge on any atom is 0.144 e. The quantitative estimate of drug-likeness (QED) is 0.229. The van der Waals surface area contributed by atoms with Crippen molar-refractivity contribution < 1.29 is 24.4 Å². The SMILES string of the molecule is Nc1cc2c(cc1Cl)N1CCCC1CO2.Nc1ccc2c(c1)OCC1CC(O)CN21.Nc1ccc2c(c1)OCC1CCC(O)N21. The summed E-state index contributed by atoms with van der Waals surface area (Å²) in [6, 6.07) is 16.2. The Bertz CT molecular complexity index is 1560. The van der Waals surface area contributed by atoms with Crippen LogP contribution < -0.4 is 46.1 Å². The van der Waals surface area contributed by atoms with Crippen LogP contribution in [0.15, 0.2) is 48.5 Å². The van der Waals surface area contributed by atoms with Gasteiger partial charge in [-0.15, -0.1) is 0 Å². The number of hydrogen-bond donors (Lipinski definition) is 5. The van der Waals surface area contributed by atoms with E-state index in [1.807, 2.05) is 53.4 Å². The number of ether oxygens (including phenoxy) is 3. The van der Waals surface area contributed by atoms with Crippen molar-refractivity contribution in [1.29, 1.82) is 0 Å². The summed E-state index contributed by atoms with van der Waals surface area (Å²) >= 11 is 6.03. The molecule has 12 heteroatoms. The van der Waals surface area contributed by atoms with Crippen molar-refractivity contribution in [2.24, 2.45) is 0 Å². The van der Waals surface area contributed by atoms with Gasteiger partial charge in [0.05, 0.1) is 52.0 Å². The molecule has 0 amide bonds. The van der Waals surface area contributed by atoms with E-state index in [-0.39, 0.29) is 12.3 Å². The summed E-state index contributed by atoms with van der Waals surface area (Å²) in [5.41, 5.74) is 22.3. The van der Waals surface area contributed by atoms with Gasteiger partial charge in [-0.2, -0.15) is 0 Å². The minimum Gasteiger partial charge on any atom is -0.489 e. The Labute approximate surface area is 268 Å². The lowest BCUT2D eigenvalue weighted by Gasteiger charge is -2.35. The summed E-state index contributed by atoms with van der Waals surface area (Å²) in [5, 5.41) is 20.1. The normalized spacial score (nSPS) is 26.6. The van der Waals surface area contributed by atoms with Crippen LogP contribution in [0, 0.1) is 0 Å². The third kappa shape index (κ3) is 5.80. The largest absolute Gasteiger partial charge is 0.489 e. The molecule has 240 valence electrons. The first-order chi connectivity index (χ1) is 21.7. The molecule has 9 rings (SSSR count). The summed E-state index contributed by atoms with van der Waals surface area (Å²) in [6.07, 6.45) is 4.44. The average Bonchev–Trinajstić information content (AvgIpc) is 3.76. The molecule has 6 aliphatic rings. The van der Waals surface area contributed by atoms with Crippen LogP contribution in [-0.2, 0) is 0 Å². The molecular weight excluding hydrogens is 596 g/mol. The van der Waals surface area contributed by atoms with E-state index in [1.165, 1.54) is 12.8 Å². The second-order valence-electron chi connectivity index (χ2n) is 12.5. The first-order valence-electron chi connectivity index (χ1n) is 15.7. The highest BCUT2D eigenvalue weighted by Crippen LogP contribution is 2.43. The Morgan fingerprint density at radius 2 is 1.33 bits per heavy atom. The molecule has 0 bridgehead atoms. The minimum absolute atomic E-state index is 0.234. The molecule has 3 fully saturated rings. The summed E-state index contributed by atoms with van der Waals surface area (Å²) in [6.45, 7) is 3.86. The summed E-state index contributed by atoms with van der Waals surface area (Å²) in [7, 11) is 0. The number of halogens is 1. The second-order valence-corrected chi connectivity index (χ2v) is 12.9. The van der Waals surface area contributed by atoms with Gasteiger partial charge in [-0.05, 0) is 62.4 Å². The van der Waals surface area contributed by atoms with Crippen LogP contribution >= 0.6 is 11.6 Å². The van der Waals surface area contributed by atoms with Crippen molar-refractivity contribution in [3.05, 3.63) is 53.6 Å². The van der Waals surface area contributed by atoms with Crippen molar-refractivity contribution in [3.8, 4) is 17.2 Å². The van der Waals surface area contributed by atoms with Gasteiger partial charge in [0.1, 0.15) is 43.3 Å². The van der Waals surface area contributed by atoms with E-state index in [1.54, 1.807) is 0 Å². The Hall–Kier alpha value is -3.93. The smallest absolute Gasteiger partial charge is 0.144 e. The van der Waals surface area contributed by atoms with Crippen molar-refractivity contribution in [3.63, 3.8) is 0 Å². The number of nitrogen functional groups attached to an aromatic ring is 3. The molecule has 6 aliphatic heterocycles. The number of benzene rings is 3. The molecule has 0 saturated carbocycles. The lowest BCUT2D eigenvalue weighted by Crippen LogP contribution is -2.42. The van der Waals surface area contributed by atoms with E-state index in [0.29, 0.717) is 60.0 Å². The minimum atomic E-state index is -0.374. The van der Waals surface area contributed by atoms with Crippen molar-refractivity contribution in [2.45, 2.75) is 62.6 Å². The van der Waals surface area contributed by atoms with Gasteiger partial charge in [0.15, 0.2) is 0 Å². The molecule has 11 nitrogen and oxygen atoms in total. The fraction of sp³-hybridized carbons (Fsp3) is 0.455. The maximum absolute atomic E-state index is 9.88. The van der Waals surface area contributed by atoms with Crippen LogP contribution in [0.4, 0.5) is 34.1 Å². The van der Waals surface area contributed by atoms with E-state index in [4.69, 9.17) is 43.0 Å². The van der Waals surface area contributed by atoms with Crippen LogP contribution in [0.2, 0.25) is 5.02 Å². The van der Waals surface area contributed by atoms with Gasteiger partial charge >= 0.3 is 0 Å². The van der Waals surface area contributed by atoms with Crippen LogP contribution in [0.3, 0.4) is 0 Å². The summed E-state index contributed by atoms with van der Waals surface area (Å²) in [5.74, 6) is 2.49. The van der Waals surface area contributed by atoms with Gasteiger partial charge in [-0.25, -0.2) is 0 Å². The first-order valence-corrected chi connectivity index (χ1v) is 16.1. The number of hydrogen-bond acceptors (Lipinski definition) is 11. The Morgan fingerprint density at radius 3 is 2.09 bits per heavy atom. The number of nitrogens with two attached hydrogens (primary N) is 3. The molecule has 5 atom stereocenters. The van der Waals surface area contributed by atoms with Gasteiger partial charge in [-0.3, -0.25) is 0 Å². The fourth-order valence-corrected chi connectivity index (χ4v) is 7.41. The first kappa shape index (κ1) is 29.8. The zero-order chi connectivity index (χ0) is 31.2. The lowest BCUT2D eigenvalue weighted by atomic mass is 10.1. The van der Waals surface area contributed by atoms with Crippen LogP contribution in [0.1, 0.15) is 32.1 Å². The molecule has 3 saturated heterocycles. The molecule has 0 spiro atoms. The topological polar surface area (TPSA) is 156 Å². The fourth-order valence-electron chi connectivity index (χ4n) is 7.25. The van der Waals surface area contributed by atoms with E-state index in [9.17, 15) is 10.2 Å². The van der Waals surface area contributed by atoms with E-state index in [0.717, 1.165) is 66.7 Å². The van der Waals surface area contributed by atoms with Crippen LogP contribution in [0.25, 0.3) is 0 Å². The molecule has 0 radical (unpaired) electrons. The molecule has 45 heavy (non-hydrogen) atoms. The molecule has 3 aromatic rings. The number of aliphatic hydroxyl groups is 2. The highest BCUT2D eigenvalue weighted by molar-refractivity contribution is 6.33. The number of anilines is 6. The highest BCUT2D eigenvalue weighted by Gasteiger charge is 2.38. The number of aliphatic hydroxyl groups excluding tert-OH is 2. The number of nitrogens with zero attached hydrogens (tertiary/aromatic N) is 3. The number of rotatable bonds is 0. The lowest BCUT2D eigenvalue weighted by molar-refractivity contribution is 0.170. The second kappa shape index (κ2) is 12.1. The summed E-state index contributed by atoms with van der Waals surface area (Å²) in [4.78, 5) is 6.63. The summed E-state index contributed by atoms with van der Waals surface area (Å²) < 4.78 is 17.0. The van der Waals surface area contributed by atoms with Crippen LogP contribution in [0.5, 0.6) is 17.2 Å². The molecule has 3 aromatic carbocycles. The number of fused-ring (bicyclic) bond motifs is 9. The zero-order valence-electron chi connectivity index (χ0n) is 25.1. The Balaban J connectivity index is 0.000000108. The zero-order valence-corrected chi connectivity index (χ0v) is 25.9. The molecule has 0 aliphatic carbocycles. The molecular formula is C33H41ClN6O5. The molecule has 8 N–H and O–H groups in total. The Kier molecular flexibility index (Phi) is 8.01. The van der Waals surface area contributed by atoms with E-state index >= 15 is 0 Å². The predicted molar refractivity (Wildman–Crippen MR) is 178 cm³/mol. The third-order valence-electron chi connectivity index (χ3n) is 9.48. The van der Waals surface area contributed by atoms with Gasteiger partial charge in [0, 0.05) is 42.7 Å². The van der Waals surface area contributed by atoms with Crippen molar-refractivity contribution in [1.82, 2.24) is 0 Å². The maximum atomic E-state index is 9.88. The van der Waals surface area contributed by atoms with Crippen molar-refractivity contribution in [2.75, 3.05) is 64.8 Å². The van der Waals surface area contributed by atoms with Gasteiger partial charge in [-0.1, -0.05) is 11.6 Å². The molecule has 5 unspecified atom stereocenters. The average molecular weight is 637 g/mol. The standard InChI is InChI=1S/C11H13ClN2O.2C11H14N2O2/c12-8-4-10-11(5-9(8)13)15-6-7-2-1-3-14(7)10;12-7-1-3-9-10(5-7)15-6-8-2-4-11(14)13(8)9;12-7-1-2-10-11(3-7)15-6-8-4-9(14)5-13(8)10/h4-5,7H,1-3,6,13H2;1,3,5,8,11,14H,2,4,6,12H2;1-3,8-9,14H,4-6,12H2. The highest BCUT2D eigenvalue weighted by atomic mass is 35.5. The molecule has 6 heterocycles.